The molecule has 0 spiro atoms. The number of carbonyl (C=O) groups is 1. The molecule has 0 aromatic heterocycles. The molecule has 1 N–H and O–H groups in total. The van der Waals surface area contributed by atoms with Crippen LogP contribution < -0.4 is 5.32 Å². The Bertz CT molecular complexity index is 348. The van der Waals surface area contributed by atoms with E-state index in [2.05, 4.69) is 5.32 Å². The lowest BCUT2D eigenvalue weighted by Crippen LogP contribution is -2.54. The summed E-state index contributed by atoms with van der Waals surface area (Å²) in [6.45, 7) is 0.750. The minimum atomic E-state index is -4.52. The highest BCUT2D eigenvalue weighted by Crippen LogP contribution is 2.44. The number of likely N-dealkylation sites (N-methyl/N-ethyl adjacent to an activating group) is 1. The van der Waals surface area contributed by atoms with Crippen molar-refractivity contribution in [3.05, 3.63) is 0 Å². The van der Waals surface area contributed by atoms with E-state index >= 15 is 0 Å². The van der Waals surface area contributed by atoms with Crippen LogP contribution in [0, 0.1) is 5.41 Å². The predicted octanol–water partition coefficient (Wildman–Crippen LogP) is 1.56. The lowest BCUT2D eigenvalue weighted by molar-refractivity contribution is -0.221. The molecule has 2 heterocycles. The molecule has 2 fully saturated rings. The first-order valence-corrected chi connectivity index (χ1v) is 7.01. The Morgan fingerprint density at radius 2 is 2.20 bits per heavy atom. The normalized spacial score (nSPS) is 31.3. The van der Waals surface area contributed by atoms with E-state index in [1.807, 2.05) is 0 Å². The van der Waals surface area contributed by atoms with Crippen molar-refractivity contribution in [3.63, 3.8) is 0 Å². The zero-order chi connectivity index (χ0) is 14.8. The van der Waals surface area contributed by atoms with Gasteiger partial charge in [0.2, 0.25) is 5.91 Å². The summed E-state index contributed by atoms with van der Waals surface area (Å²) >= 11 is 0. The monoisotopic (exact) mass is 294 g/mol. The van der Waals surface area contributed by atoms with Crippen molar-refractivity contribution in [2.45, 2.75) is 38.0 Å². The van der Waals surface area contributed by atoms with E-state index in [4.69, 9.17) is 4.74 Å². The summed E-state index contributed by atoms with van der Waals surface area (Å²) in [6, 6.07) is 0. The van der Waals surface area contributed by atoms with Gasteiger partial charge in [0.25, 0.3) is 0 Å². The van der Waals surface area contributed by atoms with Gasteiger partial charge in [0.15, 0.2) is 5.41 Å². The van der Waals surface area contributed by atoms with Crippen LogP contribution in [-0.4, -0.2) is 56.4 Å². The number of nitrogens with one attached hydrogen (secondary N) is 1. The van der Waals surface area contributed by atoms with Gasteiger partial charge in [0.1, 0.15) is 0 Å². The Kier molecular flexibility index (Phi) is 4.59. The first kappa shape index (κ1) is 15.6. The number of carbonyl (C=O) groups excluding carboxylic acids is 1. The van der Waals surface area contributed by atoms with Gasteiger partial charge in [0, 0.05) is 26.7 Å². The smallest absolute Gasteiger partial charge is 0.376 e. The molecule has 0 aromatic carbocycles. The average molecular weight is 294 g/mol. The molecule has 2 aliphatic rings. The maximum absolute atomic E-state index is 13.3. The van der Waals surface area contributed by atoms with Crippen LogP contribution in [0.15, 0.2) is 0 Å². The molecule has 2 rings (SSSR count). The molecular weight excluding hydrogens is 273 g/mol. The third-order valence-electron chi connectivity index (χ3n) is 4.21. The maximum atomic E-state index is 13.3. The van der Waals surface area contributed by atoms with Gasteiger partial charge in [-0.1, -0.05) is 0 Å². The summed E-state index contributed by atoms with van der Waals surface area (Å²) in [5, 5.41) is 2.66. The minimum absolute atomic E-state index is 0.141. The Morgan fingerprint density at radius 1 is 1.45 bits per heavy atom. The SMILES string of the molecule is CN(CC1CCCCO1)C(=O)C1(C(F)(F)F)CCNC1. The molecule has 2 unspecified atom stereocenters. The van der Waals surface area contributed by atoms with Gasteiger partial charge in [-0.15, -0.1) is 0 Å². The second kappa shape index (κ2) is 5.89. The van der Waals surface area contributed by atoms with Gasteiger partial charge in [-0.3, -0.25) is 4.79 Å². The largest absolute Gasteiger partial charge is 0.404 e. The predicted molar refractivity (Wildman–Crippen MR) is 67.2 cm³/mol. The van der Waals surface area contributed by atoms with Crippen molar-refractivity contribution in [2.24, 2.45) is 5.41 Å². The maximum Gasteiger partial charge on any atom is 0.404 e. The number of amides is 1. The second-order valence-electron chi connectivity index (χ2n) is 5.68. The first-order valence-electron chi connectivity index (χ1n) is 7.01. The third kappa shape index (κ3) is 2.93. The van der Waals surface area contributed by atoms with E-state index in [0.29, 0.717) is 6.61 Å². The fourth-order valence-corrected chi connectivity index (χ4v) is 2.94. The molecule has 7 heteroatoms. The second-order valence-corrected chi connectivity index (χ2v) is 5.68. The van der Waals surface area contributed by atoms with Crippen molar-refractivity contribution in [3.8, 4) is 0 Å². The topological polar surface area (TPSA) is 41.6 Å². The highest BCUT2D eigenvalue weighted by atomic mass is 19.4. The number of rotatable bonds is 3. The van der Waals surface area contributed by atoms with Crippen LogP contribution in [0.4, 0.5) is 13.2 Å². The summed E-state index contributed by atoms with van der Waals surface area (Å²) in [5.41, 5.74) is -2.27. The molecule has 0 aromatic rings. The van der Waals surface area contributed by atoms with Crippen molar-refractivity contribution in [1.82, 2.24) is 10.2 Å². The molecule has 2 atom stereocenters. The van der Waals surface area contributed by atoms with Crippen LogP contribution in [-0.2, 0) is 9.53 Å². The highest BCUT2D eigenvalue weighted by Gasteiger charge is 2.62. The summed E-state index contributed by atoms with van der Waals surface area (Å²) in [6.07, 6.45) is -2.07. The van der Waals surface area contributed by atoms with Crippen molar-refractivity contribution in [2.75, 3.05) is 33.3 Å². The molecule has 0 radical (unpaired) electrons. The van der Waals surface area contributed by atoms with Gasteiger partial charge in [-0.2, -0.15) is 13.2 Å². The standard InChI is InChI=1S/C13H21F3N2O2/c1-18(8-10-4-2-3-7-20-10)11(19)12(13(14,15)16)5-6-17-9-12/h10,17H,2-9H2,1H3. The highest BCUT2D eigenvalue weighted by molar-refractivity contribution is 5.84. The summed E-state index contributed by atoms with van der Waals surface area (Å²) in [4.78, 5) is 13.5. The van der Waals surface area contributed by atoms with Crippen LogP contribution in [0.5, 0.6) is 0 Å². The molecule has 2 saturated heterocycles. The van der Waals surface area contributed by atoms with E-state index < -0.39 is 17.5 Å². The number of alkyl halides is 3. The molecule has 0 bridgehead atoms. The summed E-state index contributed by atoms with van der Waals surface area (Å²) in [5.74, 6) is -0.843. The van der Waals surface area contributed by atoms with Crippen molar-refractivity contribution >= 4 is 5.91 Å². The van der Waals surface area contributed by atoms with Gasteiger partial charge in [-0.25, -0.2) is 0 Å². The fourth-order valence-electron chi connectivity index (χ4n) is 2.94. The van der Waals surface area contributed by atoms with Crippen molar-refractivity contribution in [1.29, 1.82) is 0 Å². The number of halogens is 3. The third-order valence-corrected chi connectivity index (χ3v) is 4.21. The molecule has 116 valence electrons. The molecule has 20 heavy (non-hydrogen) atoms. The Hall–Kier alpha value is -0.820. The van der Waals surface area contributed by atoms with Gasteiger partial charge >= 0.3 is 6.18 Å². The fraction of sp³-hybridized carbons (Fsp3) is 0.923. The number of hydrogen-bond acceptors (Lipinski definition) is 3. The lowest BCUT2D eigenvalue weighted by atomic mass is 9.84. The minimum Gasteiger partial charge on any atom is -0.376 e. The van der Waals surface area contributed by atoms with E-state index in [-0.39, 0.29) is 32.2 Å². The Balaban J connectivity index is 2.03. The van der Waals surface area contributed by atoms with E-state index in [9.17, 15) is 18.0 Å². The number of hydrogen-bond donors (Lipinski definition) is 1. The van der Waals surface area contributed by atoms with E-state index in [1.165, 1.54) is 11.9 Å². The molecule has 1 amide bonds. The summed E-state index contributed by atoms with van der Waals surface area (Å²) in [7, 11) is 1.44. The van der Waals surface area contributed by atoms with Gasteiger partial charge < -0.3 is 15.0 Å². The van der Waals surface area contributed by atoms with Gasteiger partial charge in [-0.05, 0) is 32.2 Å². The van der Waals surface area contributed by atoms with Crippen LogP contribution in [0.25, 0.3) is 0 Å². The van der Waals surface area contributed by atoms with Crippen LogP contribution in [0.1, 0.15) is 25.7 Å². The lowest BCUT2D eigenvalue weighted by Gasteiger charge is -2.35. The van der Waals surface area contributed by atoms with E-state index in [1.54, 1.807) is 0 Å². The van der Waals surface area contributed by atoms with Crippen molar-refractivity contribution < 1.29 is 22.7 Å². The number of ether oxygens (including phenoxy) is 1. The Morgan fingerprint density at radius 3 is 2.70 bits per heavy atom. The Labute approximate surface area is 116 Å². The average Bonchev–Trinajstić information content (AvgIpc) is 2.89. The van der Waals surface area contributed by atoms with Crippen LogP contribution >= 0.6 is 0 Å². The molecule has 4 nitrogen and oxygen atoms in total. The first-order chi connectivity index (χ1) is 9.37. The van der Waals surface area contributed by atoms with E-state index in [0.717, 1.165) is 19.3 Å². The quantitative estimate of drug-likeness (QED) is 0.859. The van der Waals surface area contributed by atoms with Gasteiger partial charge in [0.05, 0.1) is 6.10 Å². The summed E-state index contributed by atoms with van der Waals surface area (Å²) < 4.78 is 45.3. The molecule has 0 aliphatic carbocycles. The van der Waals surface area contributed by atoms with Crippen LogP contribution in [0.2, 0.25) is 0 Å². The molecule has 0 saturated carbocycles. The zero-order valence-corrected chi connectivity index (χ0v) is 11.6. The number of nitrogens with zero attached hydrogens (tertiary/aromatic N) is 1. The van der Waals surface area contributed by atoms with Crippen LogP contribution in [0.3, 0.4) is 0 Å². The zero-order valence-electron chi connectivity index (χ0n) is 11.6. The molecule has 2 aliphatic heterocycles. The molecular formula is C13H21F3N2O2.